The van der Waals surface area contributed by atoms with Crippen LogP contribution in [0.3, 0.4) is 0 Å². The van der Waals surface area contributed by atoms with Gasteiger partial charge in [-0.3, -0.25) is 4.79 Å². The van der Waals surface area contributed by atoms with Gasteiger partial charge in [-0.1, -0.05) is 12.1 Å². The topological polar surface area (TPSA) is 146 Å². The first-order chi connectivity index (χ1) is 19.7. The molecule has 3 atom stereocenters. The van der Waals surface area contributed by atoms with Crippen molar-refractivity contribution >= 4 is 22.6 Å². The Bertz CT molecular complexity index is 1660. The van der Waals surface area contributed by atoms with Crippen LogP contribution < -0.4 is 29.9 Å². The summed E-state index contributed by atoms with van der Waals surface area (Å²) in [5.41, 5.74) is 1.49. The molecule has 1 fully saturated rings. The van der Waals surface area contributed by atoms with Gasteiger partial charge in [-0.15, -0.1) is 0 Å². The van der Waals surface area contributed by atoms with Crippen molar-refractivity contribution in [1.82, 2.24) is 0 Å². The molecule has 0 aliphatic carbocycles. The minimum Gasteiger partial charge on any atom is -0.497 e. The van der Waals surface area contributed by atoms with E-state index < -0.39 is 30.0 Å². The fraction of sp³-hybridized carbons (Fsp3) is 0.267. The average Bonchev–Trinajstić information content (AvgIpc) is 3.31. The van der Waals surface area contributed by atoms with Gasteiger partial charge in [-0.2, -0.15) is 0 Å². The van der Waals surface area contributed by atoms with Gasteiger partial charge in [-0.25, -0.2) is 4.79 Å². The predicted molar refractivity (Wildman–Crippen MR) is 149 cm³/mol. The van der Waals surface area contributed by atoms with Crippen LogP contribution in [0.25, 0.3) is 22.1 Å². The second-order valence-corrected chi connectivity index (χ2v) is 9.38. The van der Waals surface area contributed by atoms with Gasteiger partial charge in [0.05, 0.1) is 27.9 Å². The standard InChI is InChI=1S/C30H29NO10/c1-15-26-18(13-24(38-4)27(15)41-30-25(33)22(32)14-39-30)12-21(29(35)40-26)31-28(34)17-8-9-23(37-3)20(11-17)16-6-5-7-19(10-16)36-2/h5-13,22,25,30,32-33H,14H2,1-4H3,(H,31,34)/t22-,25-,30+/m1/s1. The van der Waals surface area contributed by atoms with E-state index in [9.17, 15) is 19.8 Å². The van der Waals surface area contributed by atoms with E-state index in [2.05, 4.69) is 5.32 Å². The van der Waals surface area contributed by atoms with E-state index in [0.29, 0.717) is 28.0 Å². The van der Waals surface area contributed by atoms with Crippen LogP contribution in [0.5, 0.6) is 23.0 Å². The highest BCUT2D eigenvalue weighted by atomic mass is 16.7. The van der Waals surface area contributed by atoms with Gasteiger partial charge in [0.25, 0.3) is 5.91 Å². The van der Waals surface area contributed by atoms with Gasteiger partial charge in [0.15, 0.2) is 11.5 Å². The van der Waals surface area contributed by atoms with Crippen LogP contribution in [0.1, 0.15) is 15.9 Å². The Labute approximate surface area is 234 Å². The first-order valence-electron chi connectivity index (χ1n) is 12.7. The molecule has 1 amide bonds. The molecule has 0 bridgehead atoms. The first kappa shape index (κ1) is 28.0. The predicted octanol–water partition coefficient (Wildman–Crippen LogP) is 3.50. The van der Waals surface area contributed by atoms with Gasteiger partial charge in [0.1, 0.15) is 35.0 Å². The molecular weight excluding hydrogens is 534 g/mol. The molecule has 0 unspecified atom stereocenters. The molecule has 214 valence electrons. The number of aryl methyl sites for hydroxylation is 1. The number of carbonyl (C=O) groups is 1. The fourth-order valence-electron chi connectivity index (χ4n) is 4.62. The lowest BCUT2D eigenvalue weighted by Gasteiger charge is -2.20. The number of amides is 1. The molecule has 1 saturated heterocycles. The molecule has 3 aromatic carbocycles. The summed E-state index contributed by atoms with van der Waals surface area (Å²) < 4.78 is 33.0. The minimum absolute atomic E-state index is 0.0750. The molecular formula is C30H29NO10. The fourth-order valence-corrected chi connectivity index (χ4v) is 4.62. The molecule has 4 aromatic rings. The van der Waals surface area contributed by atoms with Crippen molar-refractivity contribution in [3.8, 4) is 34.1 Å². The highest BCUT2D eigenvalue weighted by Gasteiger charge is 2.37. The molecule has 11 nitrogen and oxygen atoms in total. The third-order valence-corrected chi connectivity index (χ3v) is 6.82. The maximum absolute atomic E-state index is 13.2. The highest BCUT2D eigenvalue weighted by Crippen LogP contribution is 2.39. The van der Waals surface area contributed by atoms with E-state index in [0.717, 1.165) is 5.56 Å². The largest absolute Gasteiger partial charge is 0.497 e. The third kappa shape index (κ3) is 5.42. The van der Waals surface area contributed by atoms with E-state index in [1.165, 1.54) is 20.3 Å². The number of aliphatic hydroxyl groups is 2. The lowest BCUT2D eigenvalue weighted by Crippen LogP contribution is -2.34. The summed E-state index contributed by atoms with van der Waals surface area (Å²) in [6.07, 6.45) is -3.48. The van der Waals surface area contributed by atoms with Crippen molar-refractivity contribution in [3.05, 3.63) is 76.1 Å². The second-order valence-electron chi connectivity index (χ2n) is 9.38. The van der Waals surface area contributed by atoms with E-state index in [1.807, 2.05) is 24.3 Å². The maximum atomic E-state index is 13.2. The van der Waals surface area contributed by atoms with Crippen LogP contribution in [0, 0.1) is 6.92 Å². The van der Waals surface area contributed by atoms with Gasteiger partial charge in [0.2, 0.25) is 6.29 Å². The van der Waals surface area contributed by atoms with E-state index in [1.54, 1.807) is 38.3 Å². The second kappa shape index (κ2) is 11.5. The number of benzene rings is 3. The Kier molecular flexibility index (Phi) is 7.84. The van der Waals surface area contributed by atoms with Gasteiger partial charge >= 0.3 is 5.63 Å². The van der Waals surface area contributed by atoms with E-state index in [-0.39, 0.29) is 34.9 Å². The average molecular weight is 564 g/mol. The van der Waals surface area contributed by atoms with Crippen LogP contribution in [-0.2, 0) is 4.74 Å². The number of anilines is 1. The molecule has 0 spiro atoms. The number of nitrogens with one attached hydrogen (secondary N) is 1. The van der Waals surface area contributed by atoms with Gasteiger partial charge in [0, 0.05) is 22.1 Å². The molecule has 3 N–H and O–H groups in total. The molecule has 0 radical (unpaired) electrons. The molecule has 0 saturated carbocycles. The lowest BCUT2D eigenvalue weighted by molar-refractivity contribution is -0.0945. The van der Waals surface area contributed by atoms with Crippen molar-refractivity contribution in [2.24, 2.45) is 0 Å². The number of carbonyl (C=O) groups excluding carboxylic acids is 1. The van der Waals surface area contributed by atoms with Crippen LogP contribution >= 0.6 is 0 Å². The van der Waals surface area contributed by atoms with E-state index >= 15 is 0 Å². The Morgan fingerprint density at radius 2 is 1.76 bits per heavy atom. The zero-order chi connectivity index (χ0) is 29.3. The Morgan fingerprint density at radius 3 is 2.44 bits per heavy atom. The SMILES string of the molecule is COc1cccc(-c2cc(C(=O)Nc3cc4cc(OC)c(O[C@@H]5OC[C@@H](O)[C@H]5O)c(C)c4oc3=O)ccc2OC)c1. The summed E-state index contributed by atoms with van der Waals surface area (Å²) in [4.78, 5) is 26.2. The van der Waals surface area contributed by atoms with Crippen molar-refractivity contribution < 1.29 is 43.1 Å². The van der Waals surface area contributed by atoms with Crippen molar-refractivity contribution in [2.45, 2.75) is 25.4 Å². The third-order valence-electron chi connectivity index (χ3n) is 6.82. The number of ether oxygens (including phenoxy) is 5. The number of fused-ring (bicyclic) bond motifs is 1. The summed E-state index contributed by atoms with van der Waals surface area (Å²) in [5, 5.41) is 23.0. The monoisotopic (exact) mass is 563 g/mol. The maximum Gasteiger partial charge on any atom is 0.360 e. The van der Waals surface area contributed by atoms with Crippen molar-refractivity contribution in [3.63, 3.8) is 0 Å². The van der Waals surface area contributed by atoms with Crippen LogP contribution in [-0.4, -0.2) is 62.6 Å². The number of hydrogen-bond donors (Lipinski definition) is 3. The molecule has 1 aliphatic heterocycles. The molecule has 5 rings (SSSR count). The molecule has 11 heteroatoms. The lowest BCUT2D eigenvalue weighted by atomic mass is 10.0. The van der Waals surface area contributed by atoms with Gasteiger partial charge < -0.3 is 43.6 Å². The number of methoxy groups -OCH3 is 3. The normalized spacial score (nSPS) is 18.2. The molecule has 1 aromatic heterocycles. The number of rotatable bonds is 8. The van der Waals surface area contributed by atoms with Crippen LogP contribution in [0.15, 0.2) is 63.8 Å². The minimum atomic E-state index is -1.26. The zero-order valence-electron chi connectivity index (χ0n) is 22.8. The summed E-state index contributed by atoms with van der Waals surface area (Å²) in [6, 6.07) is 15.3. The summed E-state index contributed by atoms with van der Waals surface area (Å²) in [6.45, 7) is 1.56. The number of hydrogen-bond acceptors (Lipinski definition) is 10. The smallest absolute Gasteiger partial charge is 0.360 e. The van der Waals surface area contributed by atoms with E-state index in [4.69, 9.17) is 28.1 Å². The van der Waals surface area contributed by atoms with Crippen molar-refractivity contribution in [2.75, 3.05) is 33.3 Å². The van der Waals surface area contributed by atoms with Gasteiger partial charge in [-0.05, 0) is 55.0 Å². The highest BCUT2D eigenvalue weighted by molar-refractivity contribution is 6.06. The Morgan fingerprint density at radius 1 is 0.976 bits per heavy atom. The molecule has 41 heavy (non-hydrogen) atoms. The van der Waals surface area contributed by atoms with Crippen molar-refractivity contribution in [1.29, 1.82) is 0 Å². The quantitative estimate of drug-likeness (QED) is 0.272. The summed E-state index contributed by atoms with van der Waals surface area (Å²) in [5.74, 6) is 1.14. The molecule has 1 aliphatic rings. The number of aliphatic hydroxyl groups excluding tert-OH is 2. The molecule has 2 heterocycles. The first-order valence-corrected chi connectivity index (χ1v) is 12.7. The summed E-state index contributed by atoms with van der Waals surface area (Å²) >= 11 is 0. The van der Waals surface area contributed by atoms with Crippen LogP contribution in [0.2, 0.25) is 0 Å². The summed E-state index contributed by atoms with van der Waals surface area (Å²) in [7, 11) is 4.54. The van der Waals surface area contributed by atoms with Crippen LogP contribution in [0.4, 0.5) is 5.69 Å². The Hall–Kier alpha value is -4.58. The zero-order valence-corrected chi connectivity index (χ0v) is 22.8. The Balaban J connectivity index is 1.46.